The molecule has 26 heavy (non-hydrogen) atoms. The van der Waals surface area contributed by atoms with Crippen molar-refractivity contribution in [2.45, 2.75) is 76.0 Å². The van der Waals surface area contributed by atoms with E-state index in [9.17, 15) is 9.59 Å². The van der Waals surface area contributed by atoms with Crippen LogP contribution in [0.5, 0.6) is 0 Å². The van der Waals surface area contributed by atoms with E-state index in [1.807, 2.05) is 4.57 Å². The Kier molecular flexibility index (Phi) is 5.36. The van der Waals surface area contributed by atoms with Crippen LogP contribution in [0.3, 0.4) is 0 Å². The number of hydrogen-bond donors (Lipinski definition) is 1. The largest absolute Gasteiger partial charge is 0.353 e. The molecule has 2 aliphatic carbocycles. The molecular formula is C19H25N3O2S2. The third kappa shape index (κ3) is 3.69. The van der Waals surface area contributed by atoms with E-state index in [1.165, 1.54) is 22.2 Å². The Balaban J connectivity index is 1.63. The zero-order chi connectivity index (χ0) is 18.1. The maximum Gasteiger partial charge on any atom is 0.263 e. The SMILES string of the molecule is CCCCCn1c(SCC(=O)NC2CC2)nc2sc3c(c2c1=O)CCC3. The van der Waals surface area contributed by atoms with Crippen LogP contribution in [0.15, 0.2) is 9.95 Å². The van der Waals surface area contributed by atoms with E-state index in [2.05, 4.69) is 12.2 Å². The van der Waals surface area contributed by atoms with Crippen LogP contribution >= 0.6 is 23.1 Å². The molecule has 0 radical (unpaired) electrons. The first kappa shape index (κ1) is 18.0. The summed E-state index contributed by atoms with van der Waals surface area (Å²) in [6.45, 7) is 2.85. The summed E-state index contributed by atoms with van der Waals surface area (Å²) in [6.07, 6.45) is 8.56. The highest BCUT2D eigenvalue weighted by molar-refractivity contribution is 7.99. The highest BCUT2D eigenvalue weighted by Gasteiger charge is 2.25. The van der Waals surface area contributed by atoms with Crippen molar-refractivity contribution >= 4 is 39.2 Å². The summed E-state index contributed by atoms with van der Waals surface area (Å²) < 4.78 is 1.82. The first-order valence-electron chi connectivity index (χ1n) is 9.64. The minimum absolute atomic E-state index is 0.0422. The second kappa shape index (κ2) is 7.72. The summed E-state index contributed by atoms with van der Waals surface area (Å²) in [7, 11) is 0. The van der Waals surface area contributed by atoms with Crippen LogP contribution in [0.4, 0.5) is 0 Å². The molecule has 0 aliphatic heterocycles. The molecule has 0 saturated heterocycles. The topological polar surface area (TPSA) is 64.0 Å². The fourth-order valence-electron chi connectivity index (χ4n) is 3.51. The van der Waals surface area contributed by atoms with Crippen molar-refractivity contribution in [3.8, 4) is 0 Å². The standard InChI is InChI=1S/C19H25N3O2S2/c1-2-3-4-10-22-18(24)16-13-6-5-7-14(13)26-17(16)21-19(22)25-11-15(23)20-12-8-9-12/h12H,2-11H2,1H3,(H,20,23). The number of rotatable bonds is 8. The normalized spacial score (nSPS) is 16.2. The average Bonchev–Trinajstić information content (AvgIpc) is 3.19. The Labute approximate surface area is 161 Å². The molecule has 4 rings (SSSR count). The second-order valence-electron chi connectivity index (χ2n) is 7.23. The zero-order valence-corrected chi connectivity index (χ0v) is 16.8. The van der Waals surface area contributed by atoms with Gasteiger partial charge < -0.3 is 5.32 Å². The maximum atomic E-state index is 13.2. The van der Waals surface area contributed by atoms with Crippen LogP contribution in [0, 0.1) is 0 Å². The number of aromatic nitrogens is 2. The zero-order valence-electron chi connectivity index (χ0n) is 15.2. The smallest absolute Gasteiger partial charge is 0.263 e. The first-order chi connectivity index (χ1) is 12.7. The van der Waals surface area contributed by atoms with Crippen LogP contribution in [0.25, 0.3) is 10.2 Å². The molecule has 5 nitrogen and oxygen atoms in total. The van der Waals surface area contributed by atoms with Gasteiger partial charge in [0.25, 0.3) is 5.56 Å². The number of thioether (sulfide) groups is 1. The quantitative estimate of drug-likeness (QED) is 0.425. The summed E-state index contributed by atoms with van der Waals surface area (Å²) >= 11 is 3.07. The molecule has 0 spiro atoms. The first-order valence-corrected chi connectivity index (χ1v) is 11.4. The number of fused-ring (bicyclic) bond motifs is 3. The van der Waals surface area contributed by atoms with Crippen LogP contribution in [-0.4, -0.2) is 27.3 Å². The molecule has 0 unspecified atom stereocenters. The van der Waals surface area contributed by atoms with Crippen molar-refractivity contribution in [1.82, 2.24) is 14.9 Å². The lowest BCUT2D eigenvalue weighted by Gasteiger charge is -2.12. The predicted molar refractivity (Wildman–Crippen MR) is 107 cm³/mol. The van der Waals surface area contributed by atoms with E-state index < -0.39 is 0 Å². The van der Waals surface area contributed by atoms with E-state index in [0.29, 0.717) is 23.5 Å². The molecule has 0 atom stereocenters. The Morgan fingerprint density at radius 3 is 2.96 bits per heavy atom. The summed E-state index contributed by atoms with van der Waals surface area (Å²) in [5.74, 6) is 0.369. The van der Waals surface area contributed by atoms with Crippen molar-refractivity contribution in [1.29, 1.82) is 0 Å². The van der Waals surface area contributed by atoms with Crippen molar-refractivity contribution in [2.24, 2.45) is 0 Å². The third-order valence-corrected chi connectivity index (χ3v) is 7.21. The maximum absolute atomic E-state index is 13.2. The van der Waals surface area contributed by atoms with E-state index in [4.69, 9.17) is 4.98 Å². The molecule has 2 heterocycles. The summed E-state index contributed by atoms with van der Waals surface area (Å²) in [6, 6.07) is 0.366. The number of nitrogens with zero attached hydrogens (tertiary/aromatic N) is 2. The van der Waals surface area contributed by atoms with Gasteiger partial charge in [-0.25, -0.2) is 4.98 Å². The van der Waals surface area contributed by atoms with E-state index in [-0.39, 0.29) is 11.5 Å². The number of unbranched alkanes of at least 4 members (excludes halogenated alkanes) is 2. The summed E-state index contributed by atoms with van der Waals surface area (Å²) in [5.41, 5.74) is 1.32. The average molecular weight is 392 g/mol. The fourth-order valence-corrected chi connectivity index (χ4v) is 5.65. The lowest BCUT2D eigenvalue weighted by atomic mass is 10.2. The highest BCUT2D eigenvalue weighted by Crippen LogP contribution is 2.35. The molecule has 0 aromatic carbocycles. The lowest BCUT2D eigenvalue weighted by molar-refractivity contribution is -0.118. The number of aryl methyl sites for hydroxylation is 2. The molecule has 0 bridgehead atoms. The van der Waals surface area contributed by atoms with Gasteiger partial charge in [-0.1, -0.05) is 31.5 Å². The lowest BCUT2D eigenvalue weighted by Crippen LogP contribution is -2.28. The van der Waals surface area contributed by atoms with Gasteiger partial charge in [0.2, 0.25) is 5.91 Å². The second-order valence-corrected chi connectivity index (χ2v) is 9.25. The number of nitrogens with one attached hydrogen (secondary N) is 1. The van der Waals surface area contributed by atoms with Gasteiger partial charge in [0.15, 0.2) is 5.16 Å². The molecule has 7 heteroatoms. The molecule has 1 saturated carbocycles. The van der Waals surface area contributed by atoms with Crippen molar-refractivity contribution in [3.05, 3.63) is 20.8 Å². The van der Waals surface area contributed by atoms with Crippen molar-refractivity contribution in [3.63, 3.8) is 0 Å². The monoisotopic (exact) mass is 391 g/mol. The van der Waals surface area contributed by atoms with E-state index in [0.717, 1.165) is 61.6 Å². The molecule has 1 N–H and O–H groups in total. The molecule has 2 aliphatic rings. The number of carbonyl (C=O) groups is 1. The van der Waals surface area contributed by atoms with Crippen LogP contribution in [-0.2, 0) is 24.2 Å². The molecule has 2 aromatic heterocycles. The number of hydrogen-bond acceptors (Lipinski definition) is 5. The van der Waals surface area contributed by atoms with Gasteiger partial charge in [-0.3, -0.25) is 14.2 Å². The molecule has 1 fully saturated rings. The van der Waals surface area contributed by atoms with E-state index >= 15 is 0 Å². The molecule has 1 amide bonds. The molecule has 140 valence electrons. The van der Waals surface area contributed by atoms with Gasteiger partial charge in [0.05, 0.1) is 11.1 Å². The summed E-state index contributed by atoms with van der Waals surface area (Å²) in [4.78, 5) is 32.3. The molecular weight excluding hydrogens is 366 g/mol. The number of amides is 1. The van der Waals surface area contributed by atoms with Gasteiger partial charge in [0.1, 0.15) is 4.83 Å². The van der Waals surface area contributed by atoms with Gasteiger partial charge >= 0.3 is 0 Å². The third-order valence-electron chi connectivity index (χ3n) is 5.05. The highest BCUT2D eigenvalue weighted by atomic mass is 32.2. The van der Waals surface area contributed by atoms with Crippen LogP contribution < -0.4 is 10.9 Å². The summed E-state index contributed by atoms with van der Waals surface area (Å²) in [5, 5.41) is 4.54. The van der Waals surface area contributed by atoms with Crippen molar-refractivity contribution in [2.75, 3.05) is 5.75 Å². The minimum atomic E-state index is 0.0422. The molecule has 2 aromatic rings. The van der Waals surface area contributed by atoms with Crippen LogP contribution in [0.2, 0.25) is 0 Å². The Hall–Kier alpha value is -1.34. The van der Waals surface area contributed by atoms with Crippen molar-refractivity contribution < 1.29 is 4.79 Å². The number of thiophene rings is 1. The van der Waals surface area contributed by atoms with Gasteiger partial charge in [-0.05, 0) is 44.1 Å². The predicted octanol–water partition coefficient (Wildman–Crippen LogP) is 3.51. The Morgan fingerprint density at radius 2 is 2.19 bits per heavy atom. The number of carbonyl (C=O) groups excluding carboxylic acids is 1. The van der Waals surface area contributed by atoms with Gasteiger partial charge in [-0.15, -0.1) is 11.3 Å². The van der Waals surface area contributed by atoms with Gasteiger partial charge in [0, 0.05) is 17.5 Å². The minimum Gasteiger partial charge on any atom is -0.353 e. The fraction of sp³-hybridized carbons (Fsp3) is 0.632. The Morgan fingerprint density at radius 1 is 1.35 bits per heavy atom. The Bertz CT molecular complexity index is 883. The van der Waals surface area contributed by atoms with Gasteiger partial charge in [-0.2, -0.15) is 0 Å². The van der Waals surface area contributed by atoms with E-state index in [1.54, 1.807) is 11.3 Å². The van der Waals surface area contributed by atoms with Crippen LogP contribution in [0.1, 0.15) is 55.9 Å².